The minimum atomic E-state index is -1.26. The van der Waals surface area contributed by atoms with Crippen LogP contribution < -0.4 is 5.32 Å². The molecule has 0 aromatic rings. The van der Waals surface area contributed by atoms with Crippen LogP contribution in [0, 0.1) is 17.8 Å². The third-order valence-corrected chi connectivity index (χ3v) is 9.75. The Morgan fingerprint density at radius 3 is 2.53 bits per heavy atom. The molecule has 242 valence electrons. The molecule has 9 atom stereocenters. The van der Waals surface area contributed by atoms with Crippen LogP contribution in [0.4, 0.5) is 0 Å². The first-order valence-electron chi connectivity index (χ1n) is 15.6. The Morgan fingerprint density at radius 1 is 1.26 bits per heavy atom. The molecule has 3 amide bonds. The van der Waals surface area contributed by atoms with Crippen LogP contribution in [-0.4, -0.2) is 99.1 Å². The zero-order chi connectivity index (χ0) is 32.1. The number of nitrogens with zero attached hydrogens (tertiary/aromatic N) is 2. The second kappa shape index (κ2) is 15.2. The first kappa shape index (κ1) is 35.2. The van der Waals surface area contributed by atoms with E-state index in [2.05, 4.69) is 41.3 Å². The van der Waals surface area contributed by atoms with Crippen molar-refractivity contribution in [1.82, 2.24) is 15.1 Å². The number of ether oxygens (including phenoxy) is 2. The largest absolute Gasteiger partial charge is 0.460 e. The van der Waals surface area contributed by atoms with Crippen molar-refractivity contribution in [3.8, 4) is 0 Å². The van der Waals surface area contributed by atoms with E-state index in [4.69, 9.17) is 9.47 Å². The number of aliphatic hydroxyl groups is 1. The number of amides is 3. The average molecular weight is 669 g/mol. The molecule has 0 aromatic heterocycles. The van der Waals surface area contributed by atoms with Gasteiger partial charge in [0.05, 0.1) is 37.1 Å². The van der Waals surface area contributed by atoms with E-state index in [-0.39, 0.29) is 47.7 Å². The van der Waals surface area contributed by atoms with E-state index in [0.717, 1.165) is 12.8 Å². The van der Waals surface area contributed by atoms with Crippen LogP contribution in [0.3, 0.4) is 0 Å². The third kappa shape index (κ3) is 7.20. The summed E-state index contributed by atoms with van der Waals surface area (Å²) in [5, 5.41) is 13.3. The summed E-state index contributed by atoms with van der Waals surface area (Å²) in [6.45, 7) is 17.3. The van der Waals surface area contributed by atoms with Gasteiger partial charge in [-0.2, -0.15) is 0 Å². The van der Waals surface area contributed by atoms with Gasteiger partial charge in [0, 0.05) is 23.8 Å². The molecular formula is C32H50BrN3O7. The van der Waals surface area contributed by atoms with E-state index in [1.807, 2.05) is 20.8 Å². The number of allylic oxidation sites excluding steroid dienone is 1. The molecule has 0 aromatic carbocycles. The number of carbonyl (C=O) groups is 4. The second-order valence-corrected chi connectivity index (χ2v) is 13.8. The summed E-state index contributed by atoms with van der Waals surface area (Å²) in [7, 11) is 0. The molecule has 3 aliphatic heterocycles. The Hall–Kier alpha value is -2.24. The van der Waals surface area contributed by atoms with Gasteiger partial charge in [0.25, 0.3) is 0 Å². The third-order valence-electron chi connectivity index (χ3n) is 8.91. The number of carbonyl (C=O) groups excluding carboxylic acids is 4. The molecule has 43 heavy (non-hydrogen) atoms. The van der Waals surface area contributed by atoms with Crippen molar-refractivity contribution in [3.63, 3.8) is 0 Å². The van der Waals surface area contributed by atoms with Gasteiger partial charge in [-0.1, -0.05) is 55.3 Å². The van der Waals surface area contributed by atoms with Gasteiger partial charge in [0.1, 0.15) is 17.7 Å². The lowest BCUT2D eigenvalue weighted by Crippen LogP contribution is -2.60. The summed E-state index contributed by atoms with van der Waals surface area (Å²) in [4.78, 5) is 57.8. The van der Waals surface area contributed by atoms with Crippen LogP contribution in [0.15, 0.2) is 25.3 Å². The van der Waals surface area contributed by atoms with E-state index in [1.165, 1.54) is 4.90 Å². The minimum absolute atomic E-state index is 0.109. The fourth-order valence-corrected chi connectivity index (χ4v) is 8.03. The van der Waals surface area contributed by atoms with Gasteiger partial charge in [0.2, 0.25) is 17.7 Å². The lowest BCUT2D eigenvalue weighted by atomic mass is 9.70. The van der Waals surface area contributed by atoms with Crippen LogP contribution in [0.1, 0.15) is 73.1 Å². The molecule has 2 unspecified atom stereocenters. The number of fused-ring (bicyclic) bond motifs is 1. The molecule has 2 bridgehead atoms. The molecular weight excluding hydrogens is 618 g/mol. The molecule has 1 spiro atoms. The summed E-state index contributed by atoms with van der Waals surface area (Å²) >= 11 is 3.69. The van der Waals surface area contributed by atoms with Crippen molar-refractivity contribution in [3.05, 3.63) is 25.3 Å². The van der Waals surface area contributed by atoms with Gasteiger partial charge in [-0.3, -0.25) is 19.2 Å². The number of rotatable bonds is 17. The van der Waals surface area contributed by atoms with Gasteiger partial charge in [-0.05, 0) is 45.4 Å². The number of likely N-dealkylation sites (tertiary alicyclic amines) is 1. The molecule has 3 rings (SSSR count). The number of nitrogens with one attached hydrogen (secondary N) is 1. The number of alkyl halides is 1. The van der Waals surface area contributed by atoms with Crippen molar-refractivity contribution in [1.29, 1.82) is 0 Å². The van der Waals surface area contributed by atoms with Gasteiger partial charge in [-0.25, -0.2) is 0 Å². The first-order chi connectivity index (χ1) is 20.4. The molecule has 0 radical (unpaired) electrons. The van der Waals surface area contributed by atoms with Crippen LogP contribution in [-0.2, 0) is 28.7 Å². The highest BCUT2D eigenvalue weighted by molar-refractivity contribution is 9.09. The summed E-state index contributed by atoms with van der Waals surface area (Å²) in [5.74, 6) is -3.12. The second-order valence-electron chi connectivity index (χ2n) is 12.7. The van der Waals surface area contributed by atoms with E-state index in [0.29, 0.717) is 32.2 Å². The Balaban J connectivity index is 1.98. The van der Waals surface area contributed by atoms with Gasteiger partial charge in [0.15, 0.2) is 0 Å². The lowest BCUT2D eigenvalue weighted by molar-refractivity contribution is -0.160. The predicted molar refractivity (Wildman–Crippen MR) is 167 cm³/mol. The highest BCUT2D eigenvalue weighted by atomic mass is 79.9. The van der Waals surface area contributed by atoms with Crippen molar-refractivity contribution < 1.29 is 33.8 Å². The topological polar surface area (TPSA) is 125 Å². The molecule has 0 aliphatic carbocycles. The Labute approximate surface area is 264 Å². The van der Waals surface area contributed by atoms with Crippen LogP contribution in [0.5, 0.6) is 0 Å². The van der Waals surface area contributed by atoms with E-state index < -0.39 is 47.7 Å². The normalized spacial score (nSPS) is 29.6. The van der Waals surface area contributed by atoms with Crippen LogP contribution >= 0.6 is 15.9 Å². The van der Waals surface area contributed by atoms with Crippen LogP contribution in [0.25, 0.3) is 0 Å². The molecule has 3 heterocycles. The fourth-order valence-electron chi connectivity index (χ4n) is 7.08. The Bertz CT molecular complexity index is 1050. The van der Waals surface area contributed by atoms with E-state index in [9.17, 15) is 24.3 Å². The molecule has 10 nitrogen and oxygen atoms in total. The standard InChI is InChI=1S/C32H50BrN3O7/c1-8-11-13-24(38)34-17-21(7)42-31(41)25-26-29(39)36(22(18-37)15-19(4)5)28(32(26)16-23(33)27(25)43-32)30(40)35(14-10-3)20(6)12-9-2/h8,10,19-23,25-28,37H,1,3,9,11-18H2,2,4-7H3,(H,34,38)/t20?,21-,22+,23?,25+,26-,27+,28+,32-/m0/s1. The maximum Gasteiger partial charge on any atom is 0.312 e. The monoisotopic (exact) mass is 667 g/mol. The molecule has 3 aliphatic rings. The maximum atomic E-state index is 14.6. The van der Waals surface area contributed by atoms with Crippen molar-refractivity contribution in [2.24, 2.45) is 17.8 Å². The zero-order valence-corrected chi connectivity index (χ0v) is 27.9. The number of aliphatic hydroxyl groups excluding tert-OH is 1. The fraction of sp³-hybridized carbons (Fsp3) is 0.750. The van der Waals surface area contributed by atoms with E-state index >= 15 is 0 Å². The smallest absolute Gasteiger partial charge is 0.312 e. The van der Waals surface area contributed by atoms with Gasteiger partial charge < -0.3 is 29.7 Å². The summed E-state index contributed by atoms with van der Waals surface area (Å²) in [6, 6.07) is -1.74. The highest BCUT2D eigenvalue weighted by Gasteiger charge is 2.77. The summed E-state index contributed by atoms with van der Waals surface area (Å²) in [6.07, 6.45) is 5.37. The minimum Gasteiger partial charge on any atom is -0.460 e. The maximum absolute atomic E-state index is 14.6. The number of halogens is 1. The molecule has 3 fully saturated rings. The van der Waals surface area contributed by atoms with Crippen LogP contribution in [0.2, 0.25) is 0 Å². The van der Waals surface area contributed by atoms with Crippen molar-refractivity contribution in [2.45, 2.75) is 114 Å². The molecule has 0 saturated carbocycles. The van der Waals surface area contributed by atoms with Gasteiger partial charge in [-0.15, -0.1) is 13.2 Å². The number of esters is 1. The van der Waals surface area contributed by atoms with Gasteiger partial charge >= 0.3 is 5.97 Å². The Kier molecular flexibility index (Phi) is 12.4. The van der Waals surface area contributed by atoms with Crippen molar-refractivity contribution >= 4 is 39.6 Å². The summed E-state index contributed by atoms with van der Waals surface area (Å²) in [5.41, 5.74) is -1.26. The van der Waals surface area contributed by atoms with E-state index in [1.54, 1.807) is 24.0 Å². The highest BCUT2D eigenvalue weighted by Crippen LogP contribution is 2.61. The number of hydrogen-bond acceptors (Lipinski definition) is 7. The molecule has 11 heteroatoms. The van der Waals surface area contributed by atoms with Crippen molar-refractivity contribution in [2.75, 3.05) is 19.7 Å². The lowest BCUT2D eigenvalue weighted by Gasteiger charge is -2.41. The first-order valence-corrected chi connectivity index (χ1v) is 16.5. The predicted octanol–water partition coefficient (Wildman–Crippen LogP) is 3.36. The summed E-state index contributed by atoms with van der Waals surface area (Å²) < 4.78 is 12.4. The number of hydrogen-bond donors (Lipinski definition) is 2. The zero-order valence-electron chi connectivity index (χ0n) is 26.3. The quantitative estimate of drug-likeness (QED) is 0.138. The molecule has 2 N–H and O–H groups in total. The molecule has 3 saturated heterocycles. The Morgan fingerprint density at radius 2 is 1.95 bits per heavy atom. The SMILES string of the molecule is C=CCCC(=O)NC[C@H](C)OC(=O)[C@H]1[C@@H]2O[C@@]3(CC2Br)[C@@H]1C(=O)N([C@@H](CO)CC(C)C)[C@@H]3C(=O)N(CC=C)C(C)CCC. The average Bonchev–Trinajstić information content (AvgIpc) is 3.55.